The summed E-state index contributed by atoms with van der Waals surface area (Å²) in [5.41, 5.74) is 4.43. The summed E-state index contributed by atoms with van der Waals surface area (Å²) >= 11 is 0. The number of aromatic nitrogens is 1. The molecule has 0 saturated heterocycles. The van der Waals surface area contributed by atoms with Gasteiger partial charge in [0.05, 0.1) is 12.8 Å². The molecule has 0 unspecified atom stereocenters. The number of benzene rings is 1. The number of hydrogen-bond acceptors (Lipinski definition) is 3. The molecule has 0 aliphatic carbocycles. The van der Waals surface area contributed by atoms with Crippen LogP contribution in [0.3, 0.4) is 0 Å². The molecule has 0 spiro atoms. The molecule has 0 fully saturated rings. The van der Waals surface area contributed by atoms with E-state index in [0.717, 1.165) is 33.8 Å². The van der Waals surface area contributed by atoms with Crippen molar-refractivity contribution >= 4 is 5.91 Å². The number of aryl methyl sites for hydroxylation is 1. The Kier molecular flexibility index (Phi) is 2.71. The number of nitrogens with one attached hydrogen (secondary N) is 1. The zero-order valence-corrected chi connectivity index (χ0v) is 10.9. The molecule has 1 aliphatic rings. The summed E-state index contributed by atoms with van der Waals surface area (Å²) in [6.07, 6.45) is 0. The predicted molar refractivity (Wildman–Crippen MR) is 72.1 cm³/mol. The second-order valence-electron chi connectivity index (χ2n) is 4.53. The van der Waals surface area contributed by atoms with Gasteiger partial charge in [-0.1, -0.05) is 0 Å². The van der Waals surface area contributed by atoms with Crippen LogP contribution < -0.4 is 10.1 Å². The summed E-state index contributed by atoms with van der Waals surface area (Å²) in [4.78, 5) is 16.3. The molecule has 1 aromatic carbocycles. The summed E-state index contributed by atoms with van der Waals surface area (Å²) in [5, 5.41) is 2.82. The molecule has 4 nitrogen and oxygen atoms in total. The van der Waals surface area contributed by atoms with Gasteiger partial charge in [0.2, 0.25) is 0 Å². The highest BCUT2D eigenvalue weighted by Crippen LogP contribution is 2.26. The molecule has 2 aromatic rings. The lowest BCUT2D eigenvalue weighted by molar-refractivity contribution is 0.0966. The molecule has 2 heterocycles. The number of fused-ring (bicyclic) bond motifs is 1. The fourth-order valence-electron chi connectivity index (χ4n) is 2.30. The minimum Gasteiger partial charge on any atom is -0.497 e. The Morgan fingerprint density at radius 1 is 1.26 bits per heavy atom. The third kappa shape index (κ3) is 1.95. The molecule has 0 atom stereocenters. The van der Waals surface area contributed by atoms with Crippen LogP contribution in [0.1, 0.15) is 21.6 Å². The monoisotopic (exact) mass is 254 g/mol. The molecular formula is C15H14N2O2. The number of amides is 1. The van der Waals surface area contributed by atoms with E-state index in [4.69, 9.17) is 4.74 Å². The molecular weight excluding hydrogens is 240 g/mol. The van der Waals surface area contributed by atoms with Crippen LogP contribution in [0.4, 0.5) is 0 Å². The highest BCUT2D eigenvalue weighted by Gasteiger charge is 2.22. The second-order valence-corrected chi connectivity index (χ2v) is 4.53. The SMILES string of the molecule is COc1ccc(-c2cc3c(c(C)n2)CNC3=O)cc1. The Morgan fingerprint density at radius 2 is 2.00 bits per heavy atom. The fraction of sp³-hybridized carbons (Fsp3) is 0.200. The van der Waals surface area contributed by atoms with E-state index in [1.807, 2.05) is 37.3 Å². The van der Waals surface area contributed by atoms with Crippen LogP contribution in [0.15, 0.2) is 30.3 Å². The molecule has 1 aromatic heterocycles. The number of hydrogen-bond donors (Lipinski definition) is 1. The van der Waals surface area contributed by atoms with Crippen LogP contribution >= 0.6 is 0 Å². The Balaban J connectivity index is 2.08. The van der Waals surface area contributed by atoms with Crippen molar-refractivity contribution in [3.63, 3.8) is 0 Å². The summed E-state index contributed by atoms with van der Waals surface area (Å²) < 4.78 is 5.14. The number of ether oxygens (including phenoxy) is 1. The standard InChI is InChI=1S/C15H14N2O2/c1-9-13-8-16-15(18)12(13)7-14(17-9)10-3-5-11(19-2)6-4-10/h3-7H,8H2,1-2H3,(H,16,18). The quantitative estimate of drug-likeness (QED) is 0.894. The van der Waals surface area contributed by atoms with Gasteiger partial charge in [-0.3, -0.25) is 9.78 Å². The summed E-state index contributed by atoms with van der Waals surface area (Å²) in [5.74, 6) is 0.787. The molecule has 0 saturated carbocycles. The van der Waals surface area contributed by atoms with Crippen LogP contribution in [0, 0.1) is 6.92 Å². The molecule has 1 aliphatic heterocycles. The van der Waals surface area contributed by atoms with E-state index in [2.05, 4.69) is 10.3 Å². The molecule has 1 amide bonds. The molecule has 0 bridgehead atoms. The summed E-state index contributed by atoms with van der Waals surface area (Å²) in [6, 6.07) is 9.52. The first-order valence-electron chi connectivity index (χ1n) is 6.12. The van der Waals surface area contributed by atoms with Gasteiger partial charge in [-0.25, -0.2) is 0 Å². The van der Waals surface area contributed by atoms with Crippen molar-refractivity contribution in [2.24, 2.45) is 0 Å². The van der Waals surface area contributed by atoms with Crippen LogP contribution in [0.2, 0.25) is 0 Å². The van der Waals surface area contributed by atoms with Gasteiger partial charge in [-0.2, -0.15) is 0 Å². The van der Waals surface area contributed by atoms with E-state index in [0.29, 0.717) is 6.54 Å². The first-order valence-corrected chi connectivity index (χ1v) is 6.12. The van der Waals surface area contributed by atoms with Crippen molar-refractivity contribution < 1.29 is 9.53 Å². The van der Waals surface area contributed by atoms with Gasteiger partial charge in [-0.05, 0) is 37.3 Å². The van der Waals surface area contributed by atoms with Gasteiger partial charge in [0.15, 0.2) is 0 Å². The second kappa shape index (κ2) is 4.39. The van der Waals surface area contributed by atoms with Crippen LogP contribution in [0.5, 0.6) is 5.75 Å². The molecule has 4 heteroatoms. The van der Waals surface area contributed by atoms with Crippen molar-refractivity contribution in [2.45, 2.75) is 13.5 Å². The van der Waals surface area contributed by atoms with Gasteiger partial charge in [0.25, 0.3) is 5.91 Å². The number of nitrogens with zero attached hydrogens (tertiary/aromatic N) is 1. The van der Waals surface area contributed by atoms with Crippen molar-refractivity contribution in [3.05, 3.63) is 47.2 Å². The molecule has 19 heavy (non-hydrogen) atoms. The number of pyridine rings is 1. The number of carbonyl (C=O) groups excluding carboxylic acids is 1. The van der Waals surface area contributed by atoms with Crippen molar-refractivity contribution in [3.8, 4) is 17.0 Å². The molecule has 96 valence electrons. The maximum Gasteiger partial charge on any atom is 0.252 e. The summed E-state index contributed by atoms with van der Waals surface area (Å²) in [7, 11) is 1.64. The predicted octanol–water partition coefficient (Wildman–Crippen LogP) is 2.31. The van der Waals surface area contributed by atoms with Gasteiger partial charge in [-0.15, -0.1) is 0 Å². The Hall–Kier alpha value is -2.36. The van der Waals surface area contributed by atoms with Gasteiger partial charge < -0.3 is 10.1 Å². The lowest BCUT2D eigenvalue weighted by atomic mass is 10.0. The number of carbonyl (C=O) groups is 1. The third-order valence-electron chi connectivity index (χ3n) is 3.39. The topological polar surface area (TPSA) is 51.2 Å². The lowest BCUT2D eigenvalue weighted by Gasteiger charge is -2.07. The maximum atomic E-state index is 11.7. The zero-order valence-electron chi connectivity index (χ0n) is 10.9. The Morgan fingerprint density at radius 3 is 2.68 bits per heavy atom. The Labute approximate surface area is 111 Å². The van der Waals surface area contributed by atoms with Crippen LogP contribution in [0.25, 0.3) is 11.3 Å². The third-order valence-corrected chi connectivity index (χ3v) is 3.39. The number of methoxy groups -OCH3 is 1. The largest absolute Gasteiger partial charge is 0.497 e. The van der Waals surface area contributed by atoms with E-state index in [1.54, 1.807) is 7.11 Å². The van der Waals surface area contributed by atoms with Gasteiger partial charge in [0.1, 0.15) is 5.75 Å². The number of rotatable bonds is 2. The average Bonchev–Trinajstić information content (AvgIpc) is 2.81. The van der Waals surface area contributed by atoms with Crippen LogP contribution in [-0.4, -0.2) is 18.0 Å². The van der Waals surface area contributed by atoms with Crippen molar-refractivity contribution in [1.82, 2.24) is 10.3 Å². The summed E-state index contributed by atoms with van der Waals surface area (Å²) in [6.45, 7) is 2.52. The van der Waals surface area contributed by atoms with Crippen molar-refractivity contribution in [1.29, 1.82) is 0 Å². The van der Waals surface area contributed by atoms with Crippen molar-refractivity contribution in [2.75, 3.05) is 7.11 Å². The fourth-order valence-corrected chi connectivity index (χ4v) is 2.30. The average molecular weight is 254 g/mol. The van der Waals surface area contributed by atoms with Gasteiger partial charge in [0, 0.05) is 28.9 Å². The maximum absolute atomic E-state index is 11.7. The molecule has 0 radical (unpaired) electrons. The molecule has 1 N–H and O–H groups in total. The highest BCUT2D eigenvalue weighted by atomic mass is 16.5. The zero-order chi connectivity index (χ0) is 13.4. The van der Waals surface area contributed by atoms with E-state index < -0.39 is 0 Å². The smallest absolute Gasteiger partial charge is 0.252 e. The van der Waals surface area contributed by atoms with E-state index in [1.165, 1.54) is 0 Å². The van der Waals surface area contributed by atoms with E-state index >= 15 is 0 Å². The van der Waals surface area contributed by atoms with Crippen LogP contribution in [-0.2, 0) is 6.54 Å². The minimum atomic E-state index is -0.0183. The lowest BCUT2D eigenvalue weighted by Crippen LogP contribution is -2.12. The Bertz CT molecular complexity index is 648. The normalized spacial score (nSPS) is 13.1. The molecule has 3 rings (SSSR count). The minimum absolute atomic E-state index is 0.0183. The van der Waals surface area contributed by atoms with E-state index in [-0.39, 0.29) is 5.91 Å². The van der Waals surface area contributed by atoms with E-state index in [9.17, 15) is 4.79 Å². The highest BCUT2D eigenvalue weighted by molar-refractivity contribution is 5.99. The first kappa shape index (κ1) is 11.7. The first-order chi connectivity index (χ1) is 9.19. The van der Waals surface area contributed by atoms with Gasteiger partial charge >= 0.3 is 0 Å².